The van der Waals surface area contributed by atoms with Crippen LogP contribution in [0.1, 0.15) is 29.5 Å². The zero-order chi connectivity index (χ0) is 16.8. The number of methoxy groups -OCH3 is 1. The number of anilines is 1. The van der Waals surface area contributed by atoms with E-state index in [4.69, 9.17) is 10.5 Å². The van der Waals surface area contributed by atoms with Crippen LogP contribution in [-0.2, 0) is 12.8 Å². The molecule has 2 aromatic rings. The molecule has 1 atom stereocenters. The van der Waals surface area contributed by atoms with Gasteiger partial charge in [0.05, 0.1) is 7.11 Å². The second-order valence-electron chi connectivity index (χ2n) is 6.13. The molecule has 0 aliphatic carbocycles. The minimum Gasteiger partial charge on any atom is -0.496 e. The Morgan fingerprint density at radius 2 is 1.87 bits per heavy atom. The molecule has 0 saturated heterocycles. The van der Waals surface area contributed by atoms with Gasteiger partial charge < -0.3 is 15.4 Å². The number of benzene rings is 2. The summed E-state index contributed by atoms with van der Waals surface area (Å²) in [5.74, 6) is 1.19. The highest BCUT2D eigenvalue weighted by atomic mass is 16.5. The lowest BCUT2D eigenvalue weighted by atomic mass is 9.89. The Kier molecular flexibility index (Phi) is 6.05. The molecule has 0 aliphatic rings. The highest BCUT2D eigenvalue weighted by Gasteiger charge is 2.16. The molecule has 3 nitrogen and oxygen atoms in total. The van der Waals surface area contributed by atoms with Crippen molar-refractivity contribution in [2.24, 2.45) is 5.73 Å². The molecule has 124 valence electrons. The molecule has 0 bridgehead atoms. The van der Waals surface area contributed by atoms with Crippen molar-refractivity contribution in [3.63, 3.8) is 0 Å². The van der Waals surface area contributed by atoms with Crippen molar-refractivity contribution in [3.8, 4) is 5.75 Å². The van der Waals surface area contributed by atoms with Crippen molar-refractivity contribution >= 4 is 5.69 Å². The summed E-state index contributed by atoms with van der Waals surface area (Å²) < 4.78 is 5.56. The summed E-state index contributed by atoms with van der Waals surface area (Å²) in [6, 6.07) is 15.1. The number of rotatable bonds is 7. The summed E-state index contributed by atoms with van der Waals surface area (Å²) in [6.07, 6.45) is 1.94. The first-order chi connectivity index (χ1) is 11.1. The van der Waals surface area contributed by atoms with E-state index in [1.165, 1.54) is 22.4 Å². The minimum absolute atomic E-state index is 0.258. The zero-order valence-electron chi connectivity index (χ0n) is 14.7. The van der Waals surface area contributed by atoms with Gasteiger partial charge in [-0.1, -0.05) is 31.2 Å². The van der Waals surface area contributed by atoms with E-state index >= 15 is 0 Å². The molecular weight excluding hydrogens is 284 g/mol. The maximum absolute atomic E-state index is 6.10. The molecular formula is C20H28N2O. The smallest absolute Gasteiger partial charge is 0.122 e. The molecule has 0 radical (unpaired) electrons. The number of hydrogen-bond acceptors (Lipinski definition) is 3. The van der Waals surface area contributed by atoms with Crippen LogP contribution in [0.25, 0.3) is 0 Å². The van der Waals surface area contributed by atoms with Gasteiger partial charge in [0.2, 0.25) is 0 Å². The SMILES string of the molecule is CCc1ccc(OC)c(C(CN)Cc2cccc(N(C)C)c2)c1. The summed E-state index contributed by atoms with van der Waals surface area (Å²) in [5.41, 5.74) is 11.1. The van der Waals surface area contributed by atoms with Gasteiger partial charge in [0, 0.05) is 25.7 Å². The Hall–Kier alpha value is -2.00. The van der Waals surface area contributed by atoms with E-state index in [1.54, 1.807) is 7.11 Å². The molecule has 0 aliphatic heterocycles. The van der Waals surface area contributed by atoms with Gasteiger partial charge in [0.1, 0.15) is 5.75 Å². The molecule has 2 aromatic carbocycles. The van der Waals surface area contributed by atoms with E-state index in [0.29, 0.717) is 6.54 Å². The fourth-order valence-corrected chi connectivity index (χ4v) is 2.89. The maximum atomic E-state index is 6.10. The first-order valence-electron chi connectivity index (χ1n) is 8.22. The molecule has 0 heterocycles. The number of aryl methyl sites for hydroxylation is 1. The summed E-state index contributed by atoms with van der Waals surface area (Å²) >= 11 is 0. The quantitative estimate of drug-likeness (QED) is 0.849. The average molecular weight is 312 g/mol. The van der Waals surface area contributed by atoms with Crippen LogP contribution in [0.2, 0.25) is 0 Å². The van der Waals surface area contributed by atoms with Gasteiger partial charge in [-0.3, -0.25) is 0 Å². The van der Waals surface area contributed by atoms with Crippen molar-refractivity contribution < 1.29 is 4.74 Å². The van der Waals surface area contributed by atoms with E-state index < -0.39 is 0 Å². The first kappa shape index (κ1) is 17.4. The van der Waals surface area contributed by atoms with Gasteiger partial charge in [-0.2, -0.15) is 0 Å². The monoisotopic (exact) mass is 312 g/mol. The third-order valence-electron chi connectivity index (χ3n) is 4.34. The standard InChI is InChI=1S/C20H28N2O/c1-5-15-9-10-20(23-4)19(13-15)17(14-21)11-16-7-6-8-18(12-16)22(2)3/h6-10,12-13,17H,5,11,14,21H2,1-4H3. The fourth-order valence-electron chi connectivity index (χ4n) is 2.89. The summed E-state index contributed by atoms with van der Waals surface area (Å²) in [5, 5.41) is 0. The van der Waals surface area contributed by atoms with Crippen LogP contribution in [0.4, 0.5) is 5.69 Å². The van der Waals surface area contributed by atoms with Crippen LogP contribution in [0.5, 0.6) is 5.75 Å². The molecule has 3 heteroatoms. The largest absolute Gasteiger partial charge is 0.496 e. The van der Waals surface area contributed by atoms with Crippen molar-refractivity contribution in [3.05, 3.63) is 59.2 Å². The number of nitrogens with zero attached hydrogens (tertiary/aromatic N) is 1. The lowest BCUT2D eigenvalue weighted by Gasteiger charge is -2.20. The van der Waals surface area contributed by atoms with Crippen LogP contribution in [0, 0.1) is 0 Å². The Bertz CT molecular complexity index is 637. The van der Waals surface area contributed by atoms with Gasteiger partial charge >= 0.3 is 0 Å². The van der Waals surface area contributed by atoms with E-state index in [2.05, 4.69) is 68.4 Å². The Balaban J connectivity index is 2.31. The lowest BCUT2D eigenvalue weighted by molar-refractivity contribution is 0.405. The third kappa shape index (κ3) is 4.26. The average Bonchev–Trinajstić information content (AvgIpc) is 2.59. The van der Waals surface area contributed by atoms with Gasteiger partial charge in [-0.15, -0.1) is 0 Å². The molecule has 0 amide bonds. The fraction of sp³-hybridized carbons (Fsp3) is 0.400. The van der Waals surface area contributed by atoms with Crippen LogP contribution in [0.3, 0.4) is 0 Å². The Morgan fingerprint density at radius 1 is 1.09 bits per heavy atom. The first-order valence-corrected chi connectivity index (χ1v) is 8.22. The van der Waals surface area contributed by atoms with Gasteiger partial charge in [0.15, 0.2) is 0 Å². The third-order valence-corrected chi connectivity index (χ3v) is 4.34. The highest BCUT2D eigenvalue weighted by molar-refractivity contribution is 5.48. The molecule has 2 N–H and O–H groups in total. The number of ether oxygens (including phenoxy) is 1. The molecule has 0 spiro atoms. The summed E-state index contributed by atoms with van der Waals surface area (Å²) in [6.45, 7) is 2.78. The minimum atomic E-state index is 0.258. The van der Waals surface area contributed by atoms with Gasteiger partial charge in [-0.25, -0.2) is 0 Å². The highest BCUT2D eigenvalue weighted by Crippen LogP contribution is 2.30. The van der Waals surface area contributed by atoms with Crippen LogP contribution >= 0.6 is 0 Å². The van der Waals surface area contributed by atoms with E-state index in [0.717, 1.165) is 18.6 Å². The van der Waals surface area contributed by atoms with E-state index in [1.807, 2.05) is 0 Å². The molecule has 1 unspecified atom stereocenters. The van der Waals surface area contributed by atoms with Crippen molar-refractivity contribution in [1.82, 2.24) is 0 Å². The van der Waals surface area contributed by atoms with Gasteiger partial charge in [-0.05, 0) is 54.3 Å². The molecule has 0 saturated carbocycles. The van der Waals surface area contributed by atoms with Crippen molar-refractivity contribution in [1.29, 1.82) is 0 Å². The number of nitrogens with two attached hydrogens (primary N) is 1. The lowest BCUT2D eigenvalue weighted by Crippen LogP contribution is -2.16. The van der Waals surface area contributed by atoms with Gasteiger partial charge in [0.25, 0.3) is 0 Å². The summed E-state index contributed by atoms with van der Waals surface area (Å²) in [4.78, 5) is 2.12. The maximum Gasteiger partial charge on any atom is 0.122 e. The Labute approximate surface area is 140 Å². The molecule has 0 aromatic heterocycles. The van der Waals surface area contributed by atoms with Crippen LogP contribution in [0.15, 0.2) is 42.5 Å². The van der Waals surface area contributed by atoms with E-state index in [9.17, 15) is 0 Å². The topological polar surface area (TPSA) is 38.5 Å². The molecule has 0 fully saturated rings. The number of hydrogen-bond donors (Lipinski definition) is 1. The summed E-state index contributed by atoms with van der Waals surface area (Å²) in [7, 11) is 5.85. The van der Waals surface area contributed by atoms with Crippen LogP contribution < -0.4 is 15.4 Å². The van der Waals surface area contributed by atoms with Crippen molar-refractivity contribution in [2.75, 3.05) is 32.6 Å². The Morgan fingerprint density at radius 3 is 2.48 bits per heavy atom. The predicted octanol–water partition coefficient (Wildman–Crippen LogP) is 3.61. The predicted molar refractivity (Wildman–Crippen MR) is 98.6 cm³/mol. The van der Waals surface area contributed by atoms with Crippen molar-refractivity contribution in [2.45, 2.75) is 25.7 Å². The molecule has 2 rings (SSSR count). The second-order valence-corrected chi connectivity index (χ2v) is 6.13. The van der Waals surface area contributed by atoms with E-state index in [-0.39, 0.29) is 5.92 Å². The second kappa shape index (κ2) is 8.02. The zero-order valence-corrected chi connectivity index (χ0v) is 14.7. The normalized spacial score (nSPS) is 12.0. The van der Waals surface area contributed by atoms with Crippen LogP contribution in [-0.4, -0.2) is 27.7 Å². The molecule has 23 heavy (non-hydrogen) atoms.